The van der Waals surface area contributed by atoms with E-state index in [1.54, 1.807) is 6.92 Å². The Balaban J connectivity index is 2.09. The van der Waals surface area contributed by atoms with Gasteiger partial charge in [-0.2, -0.15) is 0 Å². The number of aliphatic hydroxyl groups excluding tert-OH is 1. The molecule has 1 aromatic carbocycles. The lowest BCUT2D eigenvalue weighted by atomic mass is 10.1. The predicted octanol–water partition coefficient (Wildman–Crippen LogP) is 2.25. The zero-order chi connectivity index (χ0) is 15.4. The number of hydrogen-bond acceptors (Lipinski definition) is 3. The van der Waals surface area contributed by atoms with Gasteiger partial charge in [-0.15, -0.1) is 0 Å². The van der Waals surface area contributed by atoms with Crippen LogP contribution in [0.5, 0.6) is 5.75 Å². The Kier molecular flexibility index (Phi) is 5.12. The summed E-state index contributed by atoms with van der Waals surface area (Å²) in [6, 6.07) is 2.17. The van der Waals surface area contributed by atoms with Crippen molar-refractivity contribution in [3.05, 3.63) is 29.3 Å². The summed E-state index contributed by atoms with van der Waals surface area (Å²) in [6.07, 6.45) is 1.92. The monoisotopic (exact) mass is 299 g/mol. The molecule has 0 aromatic heterocycles. The first-order valence-corrected chi connectivity index (χ1v) is 7.11. The number of amides is 1. The molecule has 1 amide bonds. The molecule has 2 rings (SSSR count). The third-order valence-electron chi connectivity index (χ3n) is 3.73. The van der Waals surface area contributed by atoms with Crippen LogP contribution in [0.3, 0.4) is 0 Å². The number of nitrogens with one attached hydrogen (secondary N) is 1. The van der Waals surface area contributed by atoms with E-state index < -0.39 is 29.2 Å². The number of hydrogen-bond donors (Lipinski definition) is 2. The molecule has 1 aromatic rings. The van der Waals surface area contributed by atoms with Gasteiger partial charge < -0.3 is 15.2 Å². The second kappa shape index (κ2) is 6.85. The molecule has 4 nitrogen and oxygen atoms in total. The average molecular weight is 299 g/mol. The Labute approximate surface area is 122 Å². The number of aliphatic hydroxyl groups is 1. The van der Waals surface area contributed by atoms with Crippen molar-refractivity contribution in [1.29, 1.82) is 0 Å². The van der Waals surface area contributed by atoms with Crippen molar-refractivity contribution >= 4 is 5.91 Å². The Morgan fingerprint density at radius 1 is 1.43 bits per heavy atom. The van der Waals surface area contributed by atoms with Crippen molar-refractivity contribution in [3.8, 4) is 5.75 Å². The number of rotatable bonds is 5. The highest BCUT2D eigenvalue weighted by Crippen LogP contribution is 2.26. The SMILES string of the molecule is CCOc1ccc(F)c(C(=O)NCC2CCCC2O)c1F. The minimum Gasteiger partial charge on any atom is -0.491 e. The molecule has 1 aliphatic rings. The van der Waals surface area contributed by atoms with Gasteiger partial charge >= 0.3 is 0 Å². The third kappa shape index (κ3) is 3.50. The summed E-state index contributed by atoms with van der Waals surface area (Å²) in [5.74, 6) is -2.97. The number of benzene rings is 1. The Morgan fingerprint density at radius 3 is 2.81 bits per heavy atom. The lowest BCUT2D eigenvalue weighted by molar-refractivity contribution is 0.0907. The highest BCUT2D eigenvalue weighted by Gasteiger charge is 2.27. The van der Waals surface area contributed by atoms with Crippen LogP contribution in [0.1, 0.15) is 36.5 Å². The standard InChI is InChI=1S/C15H19F2NO3/c1-2-21-12-7-6-10(16)13(14(12)17)15(20)18-8-9-4-3-5-11(9)19/h6-7,9,11,19H,2-5,8H2,1H3,(H,18,20). The van der Waals surface area contributed by atoms with E-state index in [0.717, 1.165) is 25.0 Å². The molecular formula is C15H19F2NO3. The van der Waals surface area contributed by atoms with Crippen molar-refractivity contribution in [2.45, 2.75) is 32.3 Å². The van der Waals surface area contributed by atoms with Crippen LogP contribution in [0, 0.1) is 17.6 Å². The summed E-state index contributed by atoms with van der Waals surface area (Å²) in [5, 5.41) is 12.2. The quantitative estimate of drug-likeness (QED) is 0.877. The van der Waals surface area contributed by atoms with E-state index in [-0.39, 0.29) is 24.8 Å². The molecule has 6 heteroatoms. The van der Waals surface area contributed by atoms with E-state index in [1.165, 1.54) is 0 Å². The van der Waals surface area contributed by atoms with Crippen LogP contribution >= 0.6 is 0 Å². The summed E-state index contributed by atoms with van der Waals surface area (Å²) in [5.41, 5.74) is -0.645. The largest absolute Gasteiger partial charge is 0.491 e. The van der Waals surface area contributed by atoms with E-state index >= 15 is 0 Å². The molecule has 0 spiro atoms. The van der Waals surface area contributed by atoms with Gasteiger partial charge in [-0.25, -0.2) is 8.78 Å². The molecule has 1 aliphatic carbocycles. The van der Waals surface area contributed by atoms with Gasteiger partial charge in [0.1, 0.15) is 11.4 Å². The molecule has 0 radical (unpaired) electrons. The van der Waals surface area contributed by atoms with Crippen molar-refractivity contribution in [2.75, 3.05) is 13.2 Å². The normalized spacial score (nSPS) is 21.3. The van der Waals surface area contributed by atoms with Crippen LogP contribution < -0.4 is 10.1 Å². The van der Waals surface area contributed by atoms with Gasteiger partial charge in [-0.1, -0.05) is 6.42 Å². The Hall–Kier alpha value is -1.69. The predicted molar refractivity (Wildman–Crippen MR) is 73.2 cm³/mol. The molecule has 1 fully saturated rings. The van der Waals surface area contributed by atoms with Crippen LogP contribution in [0.4, 0.5) is 8.78 Å². The molecule has 0 heterocycles. The number of carbonyl (C=O) groups excluding carboxylic acids is 1. The number of halogens is 2. The first kappa shape index (κ1) is 15.7. The topological polar surface area (TPSA) is 58.6 Å². The van der Waals surface area contributed by atoms with Crippen LogP contribution in [0.15, 0.2) is 12.1 Å². The first-order chi connectivity index (χ1) is 10.0. The maximum atomic E-state index is 14.1. The minimum atomic E-state index is -0.999. The number of carbonyl (C=O) groups is 1. The van der Waals surface area contributed by atoms with E-state index in [0.29, 0.717) is 6.42 Å². The van der Waals surface area contributed by atoms with Gasteiger partial charge in [0, 0.05) is 12.5 Å². The fraction of sp³-hybridized carbons (Fsp3) is 0.533. The average Bonchev–Trinajstić information content (AvgIpc) is 2.85. The van der Waals surface area contributed by atoms with Gasteiger partial charge in [0.2, 0.25) is 0 Å². The summed E-state index contributed by atoms with van der Waals surface area (Å²) in [7, 11) is 0. The maximum absolute atomic E-state index is 14.1. The lowest BCUT2D eigenvalue weighted by Gasteiger charge is -2.16. The molecule has 2 unspecified atom stereocenters. The van der Waals surface area contributed by atoms with Crippen molar-refractivity contribution < 1.29 is 23.4 Å². The zero-order valence-electron chi connectivity index (χ0n) is 11.9. The van der Waals surface area contributed by atoms with Gasteiger partial charge in [0.25, 0.3) is 5.91 Å². The van der Waals surface area contributed by atoms with Crippen molar-refractivity contribution in [1.82, 2.24) is 5.32 Å². The second-order valence-corrected chi connectivity index (χ2v) is 5.14. The van der Waals surface area contributed by atoms with E-state index in [4.69, 9.17) is 4.74 Å². The fourth-order valence-electron chi connectivity index (χ4n) is 2.58. The third-order valence-corrected chi connectivity index (χ3v) is 3.73. The number of ether oxygens (including phenoxy) is 1. The Morgan fingerprint density at radius 2 is 2.19 bits per heavy atom. The molecule has 1 saturated carbocycles. The highest BCUT2D eigenvalue weighted by atomic mass is 19.1. The second-order valence-electron chi connectivity index (χ2n) is 5.14. The van der Waals surface area contributed by atoms with Crippen LogP contribution in [0.25, 0.3) is 0 Å². The fourth-order valence-corrected chi connectivity index (χ4v) is 2.58. The molecule has 116 valence electrons. The first-order valence-electron chi connectivity index (χ1n) is 7.11. The Bertz CT molecular complexity index is 522. The van der Waals surface area contributed by atoms with Gasteiger partial charge in [-0.3, -0.25) is 4.79 Å². The molecule has 0 aliphatic heterocycles. The van der Waals surface area contributed by atoms with Crippen molar-refractivity contribution in [2.24, 2.45) is 5.92 Å². The summed E-state index contributed by atoms with van der Waals surface area (Å²) in [6.45, 7) is 2.10. The van der Waals surface area contributed by atoms with Crippen LogP contribution in [0.2, 0.25) is 0 Å². The summed E-state index contributed by atoms with van der Waals surface area (Å²) < 4.78 is 32.8. The van der Waals surface area contributed by atoms with Crippen LogP contribution in [-0.4, -0.2) is 30.3 Å². The minimum absolute atomic E-state index is 0.0600. The molecule has 0 bridgehead atoms. The summed E-state index contributed by atoms with van der Waals surface area (Å²) >= 11 is 0. The highest BCUT2D eigenvalue weighted by molar-refractivity contribution is 5.95. The zero-order valence-corrected chi connectivity index (χ0v) is 11.9. The van der Waals surface area contributed by atoms with E-state index in [2.05, 4.69) is 5.32 Å². The van der Waals surface area contributed by atoms with Crippen LogP contribution in [-0.2, 0) is 0 Å². The lowest BCUT2D eigenvalue weighted by Crippen LogP contribution is -2.33. The molecule has 0 saturated heterocycles. The van der Waals surface area contributed by atoms with Gasteiger partial charge in [0.05, 0.1) is 12.7 Å². The van der Waals surface area contributed by atoms with Gasteiger partial charge in [0.15, 0.2) is 11.6 Å². The van der Waals surface area contributed by atoms with Gasteiger partial charge in [-0.05, 0) is 31.9 Å². The summed E-state index contributed by atoms with van der Waals surface area (Å²) in [4.78, 5) is 12.0. The molecule has 2 atom stereocenters. The van der Waals surface area contributed by atoms with E-state index in [1.807, 2.05) is 0 Å². The molecular weight excluding hydrogens is 280 g/mol. The molecule has 21 heavy (non-hydrogen) atoms. The smallest absolute Gasteiger partial charge is 0.257 e. The van der Waals surface area contributed by atoms with Crippen molar-refractivity contribution in [3.63, 3.8) is 0 Å². The molecule has 2 N–H and O–H groups in total. The van der Waals surface area contributed by atoms with E-state index in [9.17, 15) is 18.7 Å². The maximum Gasteiger partial charge on any atom is 0.257 e.